The second-order valence-electron chi connectivity index (χ2n) is 3.99. The highest BCUT2D eigenvalue weighted by Gasteiger charge is 2.59. The van der Waals surface area contributed by atoms with Crippen LogP contribution in [0, 0.1) is 0 Å². The monoisotopic (exact) mass is 189 g/mol. The number of fused-ring (bicyclic) bond motifs is 1. The molecule has 4 nitrogen and oxygen atoms in total. The average molecular weight is 189 g/mol. The van der Waals surface area contributed by atoms with E-state index < -0.39 is 20.0 Å². The predicted octanol–water partition coefficient (Wildman–Crippen LogP) is -0.248. The summed E-state index contributed by atoms with van der Waals surface area (Å²) in [6, 6.07) is 0. The lowest BCUT2D eigenvalue weighted by Gasteiger charge is -2.31. The van der Waals surface area contributed by atoms with E-state index in [0.717, 1.165) is 0 Å². The van der Waals surface area contributed by atoms with Gasteiger partial charge in [0.25, 0.3) is 0 Å². The van der Waals surface area contributed by atoms with E-state index in [9.17, 15) is 13.2 Å². The molecule has 2 rings (SSSR count). The lowest BCUT2D eigenvalue weighted by atomic mass is 10.1. The van der Waals surface area contributed by atoms with Gasteiger partial charge in [-0.2, -0.15) is 0 Å². The van der Waals surface area contributed by atoms with Gasteiger partial charge in [-0.05, 0) is 13.8 Å². The molecule has 0 radical (unpaired) electrons. The lowest BCUT2D eigenvalue weighted by Crippen LogP contribution is -2.50. The summed E-state index contributed by atoms with van der Waals surface area (Å²) in [7, 11) is -3.09. The average Bonchev–Trinajstić information content (AvgIpc) is 2.07. The van der Waals surface area contributed by atoms with Crippen molar-refractivity contribution >= 4 is 15.7 Å². The first-order valence-electron chi connectivity index (χ1n) is 3.89. The second kappa shape index (κ2) is 1.84. The first-order chi connectivity index (χ1) is 5.36. The summed E-state index contributed by atoms with van der Waals surface area (Å²) in [5, 5.41) is -0.514. The summed E-state index contributed by atoms with van der Waals surface area (Å²) in [5.41, 5.74) is 0. The Morgan fingerprint density at radius 2 is 2.08 bits per heavy atom. The third kappa shape index (κ3) is 0.676. The molecule has 12 heavy (non-hydrogen) atoms. The molecule has 0 aromatic carbocycles. The molecule has 5 heteroatoms. The standard InChI is InChI=1S/C7H11NO3S/c1-7(2)4-8-5(9)3-6(8)12(7,10)11/h6H,3-4H2,1-2H3. The van der Waals surface area contributed by atoms with Crippen molar-refractivity contribution in [1.82, 2.24) is 4.90 Å². The van der Waals surface area contributed by atoms with E-state index in [4.69, 9.17) is 0 Å². The summed E-state index contributed by atoms with van der Waals surface area (Å²) in [5.74, 6) is -0.0332. The molecule has 0 aromatic heterocycles. The van der Waals surface area contributed by atoms with E-state index in [2.05, 4.69) is 0 Å². The molecule has 0 aromatic rings. The molecule has 0 aliphatic carbocycles. The van der Waals surface area contributed by atoms with E-state index in [1.807, 2.05) is 0 Å². The minimum Gasteiger partial charge on any atom is -0.323 e. The number of carbonyl (C=O) groups excluding carboxylic acids is 1. The van der Waals surface area contributed by atoms with E-state index in [1.54, 1.807) is 13.8 Å². The van der Waals surface area contributed by atoms with Crippen molar-refractivity contribution in [2.24, 2.45) is 0 Å². The molecule has 2 aliphatic rings. The van der Waals surface area contributed by atoms with Gasteiger partial charge in [0.15, 0.2) is 9.84 Å². The summed E-state index contributed by atoms with van der Waals surface area (Å²) in [4.78, 5) is 12.4. The zero-order chi connectivity index (χ0) is 9.15. The van der Waals surface area contributed by atoms with E-state index in [-0.39, 0.29) is 12.3 Å². The Bertz CT molecular complexity index is 344. The highest BCUT2D eigenvalue weighted by molar-refractivity contribution is 7.93. The first-order valence-corrected chi connectivity index (χ1v) is 5.44. The minimum atomic E-state index is -3.09. The van der Waals surface area contributed by atoms with Crippen LogP contribution in [-0.2, 0) is 14.6 Å². The highest BCUT2D eigenvalue weighted by Crippen LogP contribution is 2.40. The number of β-lactam (4-membered cyclic amide) rings is 1. The van der Waals surface area contributed by atoms with Gasteiger partial charge in [-0.15, -0.1) is 0 Å². The maximum atomic E-state index is 11.6. The number of sulfone groups is 1. The Morgan fingerprint density at radius 3 is 2.42 bits per heavy atom. The van der Waals surface area contributed by atoms with Gasteiger partial charge in [0, 0.05) is 6.54 Å². The lowest BCUT2D eigenvalue weighted by molar-refractivity contribution is -0.140. The maximum Gasteiger partial charge on any atom is 0.226 e. The van der Waals surface area contributed by atoms with Crippen LogP contribution in [0.5, 0.6) is 0 Å². The molecule has 0 N–H and O–H groups in total. The quantitative estimate of drug-likeness (QED) is 0.494. The summed E-state index contributed by atoms with van der Waals surface area (Å²) in [6.45, 7) is 3.71. The molecule has 1 atom stereocenters. The van der Waals surface area contributed by atoms with Crippen LogP contribution in [0.4, 0.5) is 0 Å². The summed E-state index contributed by atoms with van der Waals surface area (Å²) in [6.07, 6.45) is 0.186. The summed E-state index contributed by atoms with van der Waals surface area (Å²) < 4.78 is 22.5. The van der Waals surface area contributed by atoms with Crippen molar-refractivity contribution < 1.29 is 13.2 Å². The van der Waals surface area contributed by atoms with Gasteiger partial charge in [0.2, 0.25) is 5.91 Å². The molecule has 2 fully saturated rings. The van der Waals surface area contributed by atoms with E-state index in [0.29, 0.717) is 6.54 Å². The minimum absolute atomic E-state index is 0.0332. The van der Waals surface area contributed by atoms with Crippen molar-refractivity contribution in [3.63, 3.8) is 0 Å². The largest absolute Gasteiger partial charge is 0.323 e. The van der Waals surface area contributed by atoms with Crippen LogP contribution in [-0.4, -0.2) is 35.9 Å². The number of rotatable bonds is 0. The Hall–Kier alpha value is -0.580. The fourth-order valence-electron chi connectivity index (χ4n) is 1.76. The molecule has 0 spiro atoms. The van der Waals surface area contributed by atoms with Crippen molar-refractivity contribution in [2.75, 3.05) is 6.54 Å². The van der Waals surface area contributed by atoms with E-state index >= 15 is 0 Å². The van der Waals surface area contributed by atoms with Gasteiger partial charge in [-0.3, -0.25) is 4.79 Å². The Morgan fingerprint density at radius 1 is 1.50 bits per heavy atom. The number of hydrogen-bond donors (Lipinski definition) is 0. The SMILES string of the molecule is CC1(C)CN2C(=O)CC2S1(=O)=O. The Balaban J connectivity index is 2.45. The Labute approximate surface area is 71.5 Å². The van der Waals surface area contributed by atoms with Crippen LogP contribution in [0.1, 0.15) is 20.3 Å². The molecular weight excluding hydrogens is 178 g/mol. The second-order valence-corrected chi connectivity index (χ2v) is 6.72. The third-order valence-corrected chi connectivity index (χ3v) is 5.50. The molecular formula is C7H11NO3S. The molecule has 0 saturated carbocycles. The molecule has 2 saturated heterocycles. The smallest absolute Gasteiger partial charge is 0.226 e. The van der Waals surface area contributed by atoms with Crippen LogP contribution >= 0.6 is 0 Å². The molecule has 2 aliphatic heterocycles. The summed E-state index contributed by atoms with van der Waals surface area (Å²) >= 11 is 0. The van der Waals surface area contributed by atoms with Crippen LogP contribution in [0.15, 0.2) is 0 Å². The molecule has 1 amide bonds. The Kier molecular flexibility index (Phi) is 1.23. The number of nitrogens with zero attached hydrogens (tertiary/aromatic N) is 1. The van der Waals surface area contributed by atoms with Gasteiger partial charge in [-0.25, -0.2) is 8.42 Å². The molecule has 2 heterocycles. The normalized spacial score (nSPS) is 36.0. The van der Waals surface area contributed by atoms with Gasteiger partial charge in [0.1, 0.15) is 5.37 Å². The fraction of sp³-hybridized carbons (Fsp3) is 0.857. The van der Waals surface area contributed by atoms with Crippen molar-refractivity contribution in [3.8, 4) is 0 Å². The van der Waals surface area contributed by atoms with Crippen molar-refractivity contribution in [3.05, 3.63) is 0 Å². The van der Waals surface area contributed by atoms with Crippen LogP contribution in [0.3, 0.4) is 0 Å². The van der Waals surface area contributed by atoms with Crippen molar-refractivity contribution in [2.45, 2.75) is 30.4 Å². The topological polar surface area (TPSA) is 54.5 Å². The highest BCUT2D eigenvalue weighted by atomic mass is 32.2. The van der Waals surface area contributed by atoms with E-state index in [1.165, 1.54) is 4.90 Å². The van der Waals surface area contributed by atoms with Crippen molar-refractivity contribution in [1.29, 1.82) is 0 Å². The molecule has 1 unspecified atom stereocenters. The number of carbonyl (C=O) groups is 1. The zero-order valence-electron chi connectivity index (χ0n) is 7.07. The van der Waals surface area contributed by atoms with Crippen LogP contribution < -0.4 is 0 Å². The first kappa shape index (κ1) is 8.04. The molecule has 0 bridgehead atoms. The molecule has 68 valence electrons. The third-order valence-electron chi connectivity index (χ3n) is 2.70. The predicted molar refractivity (Wildman–Crippen MR) is 43.1 cm³/mol. The van der Waals surface area contributed by atoms with Crippen LogP contribution in [0.2, 0.25) is 0 Å². The maximum absolute atomic E-state index is 11.6. The van der Waals surface area contributed by atoms with Gasteiger partial charge >= 0.3 is 0 Å². The number of amides is 1. The van der Waals surface area contributed by atoms with Gasteiger partial charge in [0.05, 0.1) is 11.2 Å². The number of hydrogen-bond acceptors (Lipinski definition) is 3. The fourth-order valence-corrected chi connectivity index (χ4v) is 3.71. The van der Waals surface area contributed by atoms with Gasteiger partial charge in [-0.1, -0.05) is 0 Å². The van der Waals surface area contributed by atoms with Gasteiger partial charge < -0.3 is 4.90 Å². The van der Waals surface area contributed by atoms with Crippen LogP contribution in [0.25, 0.3) is 0 Å². The zero-order valence-corrected chi connectivity index (χ0v) is 7.89.